The quantitative estimate of drug-likeness (QED) is 0.796. The fourth-order valence-electron chi connectivity index (χ4n) is 2.29. The number of rotatable bonds is 5. The minimum absolute atomic E-state index is 0.164. The Balaban J connectivity index is 2.29. The number of urea groups is 1. The summed E-state index contributed by atoms with van der Waals surface area (Å²) in [7, 11) is -1.76. The standard InChI is InChI=1S/C14H18N2O5S/c1-14(10-5-4-6-11(9-10)21-2)12(17)16(13(18)15-14)7-8-22(3,19)20/h4-6,9H,7-8H2,1-3H3,(H,15,18). The molecule has 0 aliphatic carbocycles. The molecule has 1 saturated heterocycles. The Morgan fingerprint density at radius 1 is 1.32 bits per heavy atom. The maximum Gasteiger partial charge on any atom is 0.325 e. The zero-order valence-electron chi connectivity index (χ0n) is 12.6. The highest BCUT2D eigenvalue weighted by atomic mass is 32.2. The van der Waals surface area contributed by atoms with E-state index in [-0.39, 0.29) is 12.3 Å². The minimum Gasteiger partial charge on any atom is -0.497 e. The first-order valence-electron chi connectivity index (χ1n) is 6.64. The van der Waals surface area contributed by atoms with Crippen molar-refractivity contribution in [1.29, 1.82) is 0 Å². The van der Waals surface area contributed by atoms with Crippen molar-refractivity contribution in [2.24, 2.45) is 0 Å². The van der Waals surface area contributed by atoms with Gasteiger partial charge in [-0.3, -0.25) is 9.69 Å². The number of carbonyl (C=O) groups excluding carboxylic acids is 2. The van der Waals surface area contributed by atoms with E-state index in [1.54, 1.807) is 31.2 Å². The number of ether oxygens (including phenoxy) is 1. The van der Waals surface area contributed by atoms with Crippen LogP contribution in [0.4, 0.5) is 4.79 Å². The molecular formula is C14H18N2O5S. The molecule has 1 aromatic rings. The van der Waals surface area contributed by atoms with Crippen molar-refractivity contribution in [3.05, 3.63) is 29.8 Å². The van der Waals surface area contributed by atoms with Crippen LogP contribution in [0.25, 0.3) is 0 Å². The minimum atomic E-state index is -3.26. The summed E-state index contributed by atoms with van der Waals surface area (Å²) >= 11 is 0. The number of imide groups is 1. The molecule has 3 amide bonds. The van der Waals surface area contributed by atoms with Crippen molar-refractivity contribution in [2.75, 3.05) is 25.7 Å². The van der Waals surface area contributed by atoms with E-state index in [1.807, 2.05) is 0 Å². The first-order chi connectivity index (χ1) is 10.2. The van der Waals surface area contributed by atoms with Crippen molar-refractivity contribution < 1.29 is 22.7 Å². The van der Waals surface area contributed by atoms with E-state index in [1.165, 1.54) is 7.11 Å². The van der Waals surface area contributed by atoms with Gasteiger partial charge in [0.25, 0.3) is 5.91 Å². The molecule has 0 radical (unpaired) electrons. The van der Waals surface area contributed by atoms with E-state index in [0.29, 0.717) is 11.3 Å². The smallest absolute Gasteiger partial charge is 0.325 e. The summed E-state index contributed by atoms with van der Waals surface area (Å²) in [5, 5.41) is 2.62. The maximum atomic E-state index is 12.6. The lowest BCUT2D eigenvalue weighted by Gasteiger charge is -2.22. The molecule has 1 aliphatic heterocycles. The number of methoxy groups -OCH3 is 1. The Labute approximate surface area is 129 Å². The third-order valence-electron chi connectivity index (χ3n) is 3.61. The summed E-state index contributed by atoms with van der Waals surface area (Å²) in [6.07, 6.45) is 1.06. The van der Waals surface area contributed by atoms with E-state index in [0.717, 1.165) is 11.2 Å². The predicted molar refractivity (Wildman–Crippen MR) is 80.3 cm³/mol. The summed E-state index contributed by atoms with van der Waals surface area (Å²) in [5.74, 6) is -0.176. The van der Waals surface area contributed by atoms with E-state index in [4.69, 9.17) is 4.74 Å². The molecular weight excluding hydrogens is 308 g/mol. The zero-order chi connectivity index (χ0) is 16.5. The number of nitrogens with zero attached hydrogens (tertiary/aromatic N) is 1. The fourth-order valence-corrected chi connectivity index (χ4v) is 2.80. The molecule has 7 nitrogen and oxygen atoms in total. The van der Waals surface area contributed by atoms with Crippen LogP contribution in [0.5, 0.6) is 5.75 Å². The van der Waals surface area contributed by atoms with Gasteiger partial charge in [0.05, 0.1) is 12.9 Å². The van der Waals surface area contributed by atoms with Crippen LogP contribution >= 0.6 is 0 Å². The SMILES string of the molecule is COc1cccc(C2(C)NC(=O)N(CCS(C)(=O)=O)C2=O)c1. The lowest BCUT2D eigenvalue weighted by molar-refractivity contribution is -0.130. The molecule has 22 heavy (non-hydrogen) atoms. The van der Waals surface area contributed by atoms with Gasteiger partial charge in [-0.05, 0) is 24.6 Å². The number of amides is 3. The number of hydrogen-bond donors (Lipinski definition) is 1. The molecule has 0 aromatic heterocycles. The third kappa shape index (κ3) is 3.06. The van der Waals surface area contributed by atoms with Crippen molar-refractivity contribution in [3.63, 3.8) is 0 Å². The summed E-state index contributed by atoms with van der Waals surface area (Å²) in [6.45, 7) is 1.42. The van der Waals surface area contributed by atoms with Gasteiger partial charge in [0, 0.05) is 12.8 Å². The number of sulfone groups is 1. The molecule has 0 saturated carbocycles. The summed E-state index contributed by atoms with van der Waals surface area (Å²) in [4.78, 5) is 25.5. The molecule has 0 bridgehead atoms. The first kappa shape index (κ1) is 16.3. The normalized spacial score (nSPS) is 21.9. The predicted octanol–water partition coefficient (Wildman–Crippen LogP) is 0.507. The van der Waals surface area contributed by atoms with E-state index in [2.05, 4.69) is 5.32 Å². The average Bonchev–Trinajstić information content (AvgIpc) is 2.67. The second-order valence-corrected chi connectivity index (χ2v) is 7.63. The summed E-state index contributed by atoms with van der Waals surface area (Å²) < 4.78 is 27.6. The molecule has 1 unspecified atom stereocenters. The Kier molecular flexibility index (Phi) is 4.15. The fraction of sp³-hybridized carbons (Fsp3) is 0.429. The molecule has 1 fully saturated rings. The van der Waals surface area contributed by atoms with Crippen LogP contribution in [0.3, 0.4) is 0 Å². The van der Waals surface area contributed by atoms with E-state index < -0.39 is 27.3 Å². The monoisotopic (exact) mass is 326 g/mol. The number of hydrogen-bond acceptors (Lipinski definition) is 5. The van der Waals surface area contributed by atoms with Gasteiger partial charge < -0.3 is 10.1 Å². The van der Waals surface area contributed by atoms with Gasteiger partial charge in [-0.1, -0.05) is 12.1 Å². The summed E-state index contributed by atoms with van der Waals surface area (Å²) in [5.41, 5.74) is -0.657. The second kappa shape index (κ2) is 5.60. The maximum absolute atomic E-state index is 12.6. The van der Waals surface area contributed by atoms with Gasteiger partial charge in [0.15, 0.2) is 0 Å². The second-order valence-electron chi connectivity index (χ2n) is 5.37. The number of benzene rings is 1. The van der Waals surface area contributed by atoms with Crippen LogP contribution in [0, 0.1) is 0 Å². The highest BCUT2D eigenvalue weighted by Crippen LogP contribution is 2.30. The first-order valence-corrected chi connectivity index (χ1v) is 8.70. The number of nitrogens with one attached hydrogen (secondary N) is 1. The van der Waals surface area contributed by atoms with Crippen LogP contribution in [0.15, 0.2) is 24.3 Å². The van der Waals surface area contributed by atoms with Gasteiger partial charge in [-0.25, -0.2) is 13.2 Å². The Bertz CT molecular complexity index is 716. The van der Waals surface area contributed by atoms with Gasteiger partial charge >= 0.3 is 6.03 Å². The molecule has 1 aliphatic rings. The molecule has 1 atom stereocenters. The van der Waals surface area contributed by atoms with E-state index >= 15 is 0 Å². The largest absolute Gasteiger partial charge is 0.497 e. The van der Waals surface area contributed by atoms with Crippen molar-refractivity contribution in [2.45, 2.75) is 12.5 Å². The average molecular weight is 326 g/mol. The number of carbonyl (C=O) groups is 2. The Morgan fingerprint density at radius 2 is 2.00 bits per heavy atom. The van der Waals surface area contributed by atoms with E-state index in [9.17, 15) is 18.0 Å². The van der Waals surface area contributed by atoms with Crippen molar-refractivity contribution in [3.8, 4) is 5.75 Å². The van der Waals surface area contributed by atoms with Gasteiger partial charge in [0.1, 0.15) is 21.1 Å². The third-order valence-corrected chi connectivity index (χ3v) is 4.53. The summed E-state index contributed by atoms with van der Waals surface area (Å²) in [6, 6.07) is 6.23. The molecule has 1 N–H and O–H groups in total. The highest BCUT2D eigenvalue weighted by Gasteiger charge is 2.49. The van der Waals surface area contributed by atoms with Crippen molar-refractivity contribution >= 4 is 21.8 Å². The topological polar surface area (TPSA) is 92.8 Å². The van der Waals surface area contributed by atoms with Crippen LogP contribution < -0.4 is 10.1 Å². The molecule has 1 aromatic carbocycles. The van der Waals surface area contributed by atoms with Gasteiger partial charge in [0.2, 0.25) is 0 Å². The van der Waals surface area contributed by atoms with Gasteiger partial charge in [-0.2, -0.15) is 0 Å². The lowest BCUT2D eigenvalue weighted by atomic mass is 9.92. The van der Waals surface area contributed by atoms with Crippen LogP contribution in [-0.2, 0) is 20.2 Å². The van der Waals surface area contributed by atoms with Gasteiger partial charge in [-0.15, -0.1) is 0 Å². The van der Waals surface area contributed by atoms with Crippen molar-refractivity contribution in [1.82, 2.24) is 10.2 Å². The zero-order valence-corrected chi connectivity index (χ0v) is 13.4. The lowest BCUT2D eigenvalue weighted by Crippen LogP contribution is -2.41. The molecule has 120 valence electrons. The Hall–Kier alpha value is -2.09. The molecule has 2 rings (SSSR count). The highest BCUT2D eigenvalue weighted by molar-refractivity contribution is 7.90. The van der Waals surface area contributed by atoms with Crippen LogP contribution in [0.1, 0.15) is 12.5 Å². The van der Waals surface area contributed by atoms with Crippen LogP contribution in [0.2, 0.25) is 0 Å². The van der Waals surface area contributed by atoms with Crippen LogP contribution in [-0.4, -0.2) is 50.9 Å². The molecule has 1 heterocycles. The Morgan fingerprint density at radius 3 is 2.59 bits per heavy atom. The molecule has 0 spiro atoms. The molecule has 8 heteroatoms.